The molecule has 2 aromatic heterocycles. The molecule has 3 aromatic rings. The highest BCUT2D eigenvalue weighted by Crippen LogP contribution is 2.30. The average molecular weight is 564 g/mol. The maximum Gasteiger partial charge on any atom is 0.417 e. The molecule has 3 N–H and O–H groups in total. The van der Waals surface area contributed by atoms with Gasteiger partial charge in [-0.25, -0.2) is 18.4 Å². The quantitative estimate of drug-likeness (QED) is 0.419. The van der Waals surface area contributed by atoms with Crippen LogP contribution in [0.3, 0.4) is 0 Å². The van der Waals surface area contributed by atoms with Crippen molar-refractivity contribution in [1.29, 1.82) is 0 Å². The fourth-order valence-electron chi connectivity index (χ4n) is 4.79. The molecule has 2 aliphatic heterocycles. The molecule has 0 aliphatic carbocycles. The first kappa shape index (κ1) is 27.3. The number of hydrogen-bond donors (Lipinski definition) is 3. The van der Waals surface area contributed by atoms with Gasteiger partial charge in [0.05, 0.1) is 28.7 Å². The molecule has 2 aliphatic rings. The minimum atomic E-state index is -4.50. The van der Waals surface area contributed by atoms with E-state index in [0.717, 1.165) is 29.6 Å². The molecule has 0 unspecified atom stereocenters. The van der Waals surface area contributed by atoms with Crippen molar-refractivity contribution in [1.82, 2.24) is 14.3 Å². The summed E-state index contributed by atoms with van der Waals surface area (Å²) in [6.45, 7) is 1.25. The molecule has 0 bridgehead atoms. The predicted molar refractivity (Wildman–Crippen MR) is 139 cm³/mol. The highest BCUT2D eigenvalue weighted by molar-refractivity contribution is 7.89. The standard InChI is InChI=1S/C26H28F3N5O4S/c27-26(28,29)19-4-7-24(30-14-19)32-22-10-12-34(16-23(22)36)39(37,38)21-5-1-17(2-6-21)18-3-8-25(31-13-18)33-11-9-20(35)15-33/h1-8,13-14,20,22-23,35-36H,9-12,15-16H2,(H,30,32)/t20-,22-,23+/m1/s1. The summed E-state index contributed by atoms with van der Waals surface area (Å²) in [5, 5.41) is 23.2. The Labute approximate surface area is 224 Å². The predicted octanol–water partition coefficient (Wildman–Crippen LogP) is 2.97. The number of β-amino-alcohol motifs (C(OH)–C–C–N with tert-alkyl or cyclic N) is 2. The lowest BCUT2D eigenvalue weighted by Crippen LogP contribution is -2.51. The Kier molecular flexibility index (Phi) is 7.51. The number of benzene rings is 1. The Morgan fingerprint density at radius 1 is 0.872 bits per heavy atom. The van der Waals surface area contributed by atoms with Crippen molar-refractivity contribution in [3.8, 4) is 11.1 Å². The van der Waals surface area contributed by atoms with E-state index in [1.54, 1.807) is 18.3 Å². The van der Waals surface area contributed by atoms with Crippen LogP contribution in [0.2, 0.25) is 0 Å². The molecule has 4 heterocycles. The van der Waals surface area contributed by atoms with Crippen molar-refractivity contribution < 1.29 is 31.8 Å². The number of nitrogens with one attached hydrogen (secondary N) is 1. The fraction of sp³-hybridized carbons (Fsp3) is 0.385. The van der Waals surface area contributed by atoms with Gasteiger partial charge in [-0.2, -0.15) is 17.5 Å². The summed E-state index contributed by atoms with van der Waals surface area (Å²) in [6, 6.07) is 11.7. The molecule has 1 aromatic carbocycles. The van der Waals surface area contributed by atoms with Gasteiger partial charge in [-0.3, -0.25) is 0 Å². The minimum Gasteiger partial charge on any atom is -0.391 e. The normalized spacial score (nSPS) is 22.7. The molecule has 2 saturated heterocycles. The van der Waals surface area contributed by atoms with E-state index >= 15 is 0 Å². The van der Waals surface area contributed by atoms with Crippen LogP contribution < -0.4 is 10.2 Å². The van der Waals surface area contributed by atoms with E-state index in [0.29, 0.717) is 19.2 Å². The van der Waals surface area contributed by atoms with Crippen molar-refractivity contribution in [2.24, 2.45) is 0 Å². The molecule has 3 atom stereocenters. The van der Waals surface area contributed by atoms with Crippen LogP contribution in [0.25, 0.3) is 11.1 Å². The monoisotopic (exact) mass is 563 g/mol. The van der Waals surface area contributed by atoms with Gasteiger partial charge in [0.1, 0.15) is 11.6 Å². The van der Waals surface area contributed by atoms with E-state index in [-0.39, 0.29) is 36.3 Å². The number of pyridine rings is 2. The largest absolute Gasteiger partial charge is 0.417 e. The number of piperidine rings is 1. The molecular weight excluding hydrogens is 535 g/mol. The second-order valence-electron chi connectivity index (χ2n) is 9.72. The number of nitrogens with zero attached hydrogens (tertiary/aromatic N) is 4. The first-order chi connectivity index (χ1) is 18.5. The lowest BCUT2D eigenvalue weighted by molar-refractivity contribution is -0.137. The van der Waals surface area contributed by atoms with Gasteiger partial charge in [-0.1, -0.05) is 12.1 Å². The second-order valence-corrected chi connectivity index (χ2v) is 11.7. The Bertz CT molecular complexity index is 1390. The summed E-state index contributed by atoms with van der Waals surface area (Å²) in [7, 11) is -3.88. The fourth-order valence-corrected chi connectivity index (χ4v) is 6.26. The Morgan fingerprint density at radius 2 is 1.62 bits per heavy atom. The molecular formula is C26H28F3N5O4S. The smallest absolute Gasteiger partial charge is 0.391 e. The lowest BCUT2D eigenvalue weighted by Gasteiger charge is -2.35. The topological polar surface area (TPSA) is 119 Å². The third kappa shape index (κ3) is 6.01. The van der Waals surface area contributed by atoms with Crippen LogP contribution in [0.1, 0.15) is 18.4 Å². The van der Waals surface area contributed by atoms with E-state index in [2.05, 4.69) is 15.3 Å². The van der Waals surface area contributed by atoms with Crippen LogP contribution in [-0.4, -0.2) is 77.3 Å². The van der Waals surface area contributed by atoms with Crippen molar-refractivity contribution in [2.75, 3.05) is 36.4 Å². The number of aromatic nitrogens is 2. The third-order valence-electron chi connectivity index (χ3n) is 7.03. The van der Waals surface area contributed by atoms with Gasteiger partial charge in [0.25, 0.3) is 0 Å². The molecule has 0 spiro atoms. The highest BCUT2D eigenvalue weighted by atomic mass is 32.2. The van der Waals surface area contributed by atoms with Gasteiger partial charge in [0, 0.05) is 44.1 Å². The van der Waals surface area contributed by atoms with Crippen LogP contribution in [0.5, 0.6) is 0 Å². The number of anilines is 2. The Balaban J connectivity index is 1.21. The third-order valence-corrected chi connectivity index (χ3v) is 8.91. The highest BCUT2D eigenvalue weighted by Gasteiger charge is 2.35. The molecule has 0 amide bonds. The van der Waals surface area contributed by atoms with E-state index in [1.807, 2.05) is 17.0 Å². The van der Waals surface area contributed by atoms with Crippen LogP contribution in [-0.2, 0) is 16.2 Å². The van der Waals surface area contributed by atoms with Crippen molar-refractivity contribution in [2.45, 2.75) is 42.2 Å². The molecule has 5 rings (SSSR count). The van der Waals surface area contributed by atoms with Crippen molar-refractivity contribution in [3.63, 3.8) is 0 Å². The summed E-state index contributed by atoms with van der Waals surface area (Å²) in [4.78, 5) is 10.3. The number of aliphatic hydroxyl groups excluding tert-OH is 2. The van der Waals surface area contributed by atoms with Crippen LogP contribution in [0, 0.1) is 0 Å². The molecule has 2 fully saturated rings. The van der Waals surface area contributed by atoms with Gasteiger partial charge in [0.15, 0.2) is 0 Å². The summed E-state index contributed by atoms with van der Waals surface area (Å²) < 4.78 is 65.9. The number of alkyl halides is 3. The number of halogens is 3. The van der Waals surface area contributed by atoms with Crippen molar-refractivity contribution in [3.05, 3.63) is 66.5 Å². The van der Waals surface area contributed by atoms with E-state index < -0.39 is 33.9 Å². The zero-order valence-electron chi connectivity index (χ0n) is 20.8. The first-order valence-corrected chi connectivity index (χ1v) is 13.9. The van der Waals surface area contributed by atoms with Crippen LogP contribution in [0.4, 0.5) is 24.8 Å². The summed E-state index contributed by atoms with van der Waals surface area (Å²) in [5.74, 6) is 0.944. The maximum atomic E-state index is 13.2. The van der Waals surface area contributed by atoms with Gasteiger partial charge in [0.2, 0.25) is 10.0 Å². The average Bonchev–Trinajstić information content (AvgIpc) is 3.36. The maximum absolute atomic E-state index is 13.2. The van der Waals surface area contributed by atoms with Crippen LogP contribution >= 0.6 is 0 Å². The first-order valence-electron chi connectivity index (χ1n) is 12.5. The van der Waals surface area contributed by atoms with Gasteiger partial charge < -0.3 is 20.4 Å². The molecule has 9 nitrogen and oxygen atoms in total. The Hall–Kier alpha value is -3.26. The number of hydrogen-bond acceptors (Lipinski definition) is 8. The minimum absolute atomic E-state index is 0.0879. The molecule has 208 valence electrons. The zero-order chi connectivity index (χ0) is 27.8. The number of sulfonamides is 1. The van der Waals surface area contributed by atoms with Gasteiger partial charge in [-0.05, 0) is 54.8 Å². The van der Waals surface area contributed by atoms with Gasteiger partial charge >= 0.3 is 6.18 Å². The van der Waals surface area contributed by atoms with Crippen LogP contribution in [0.15, 0.2) is 65.8 Å². The summed E-state index contributed by atoms with van der Waals surface area (Å²) in [5.41, 5.74) is 0.736. The Morgan fingerprint density at radius 3 is 2.18 bits per heavy atom. The van der Waals surface area contributed by atoms with Gasteiger partial charge in [-0.15, -0.1) is 0 Å². The lowest BCUT2D eigenvalue weighted by atomic mass is 10.0. The van der Waals surface area contributed by atoms with E-state index in [4.69, 9.17) is 0 Å². The molecule has 39 heavy (non-hydrogen) atoms. The van der Waals surface area contributed by atoms with E-state index in [1.165, 1.54) is 22.5 Å². The SMILES string of the molecule is O=S(=O)(c1ccc(-c2ccc(N3CC[C@@H](O)C3)nc2)cc1)N1CC[C@@H](Nc2ccc(C(F)(F)F)cn2)[C@@H](O)C1. The van der Waals surface area contributed by atoms with E-state index in [9.17, 15) is 31.8 Å². The number of rotatable bonds is 6. The second kappa shape index (κ2) is 10.7. The molecule has 13 heteroatoms. The zero-order valence-corrected chi connectivity index (χ0v) is 21.6. The van der Waals surface area contributed by atoms with Crippen molar-refractivity contribution >= 4 is 21.7 Å². The summed E-state index contributed by atoms with van der Waals surface area (Å²) >= 11 is 0. The molecule has 0 radical (unpaired) electrons. The summed E-state index contributed by atoms with van der Waals surface area (Å²) in [6.07, 6.45) is -2.56. The molecule has 0 saturated carbocycles. The number of aliphatic hydroxyl groups is 2.